The third kappa shape index (κ3) is 3.20. The standard InChI is InChI=1S/C13H19FN2O2/c1-9(2)16(7-6-15)13(17)11-5-4-10(18-3)8-12(11)14/h4-5,8-9H,6-7,15H2,1-3H3. The van der Waals surface area contributed by atoms with E-state index in [0.717, 1.165) is 0 Å². The number of hydrogen-bond donors (Lipinski definition) is 1. The van der Waals surface area contributed by atoms with Crippen molar-refractivity contribution in [3.63, 3.8) is 0 Å². The molecule has 0 radical (unpaired) electrons. The van der Waals surface area contributed by atoms with E-state index >= 15 is 0 Å². The van der Waals surface area contributed by atoms with E-state index in [1.165, 1.54) is 19.2 Å². The summed E-state index contributed by atoms with van der Waals surface area (Å²) in [6.07, 6.45) is 0. The van der Waals surface area contributed by atoms with Gasteiger partial charge in [0.25, 0.3) is 5.91 Å². The van der Waals surface area contributed by atoms with Crippen LogP contribution in [0.15, 0.2) is 18.2 Å². The molecular weight excluding hydrogens is 235 g/mol. The molecule has 0 spiro atoms. The van der Waals surface area contributed by atoms with Crippen LogP contribution in [0, 0.1) is 5.82 Å². The number of carbonyl (C=O) groups is 1. The molecule has 0 aliphatic heterocycles. The molecule has 0 atom stereocenters. The maximum Gasteiger partial charge on any atom is 0.257 e. The average molecular weight is 254 g/mol. The normalized spacial score (nSPS) is 10.6. The van der Waals surface area contributed by atoms with Crippen molar-refractivity contribution in [2.75, 3.05) is 20.2 Å². The van der Waals surface area contributed by atoms with Gasteiger partial charge in [-0.15, -0.1) is 0 Å². The molecule has 0 aliphatic rings. The molecule has 0 saturated carbocycles. The molecule has 1 aromatic carbocycles. The highest BCUT2D eigenvalue weighted by Gasteiger charge is 2.21. The fourth-order valence-corrected chi connectivity index (χ4v) is 1.68. The zero-order chi connectivity index (χ0) is 13.7. The maximum atomic E-state index is 13.8. The summed E-state index contributed by atoms with van der Waals surface area (Å²) in [4.78, 5) is 13.7. The summed E-state index contributed by atoms with van der Waals surface area (Å²) in [6.45, 7) is 4.49. The molecular formula is C13H19FN2O2. The number of benzene rings is 1. The largest absolute Gasteiger partial charge is 0.497 e. The second kappa shape index (κ2) is 6.35. The number of nitrogens with zero attached hydrogens (tertiary/aromatic N) is 1. The molecule has 18 heavy (non-hydrogen) atoms. The second-order valence-corrected chi connectivity index (χ2v) is 4.23. The van der Waals surface area contributed by atoms with Crippen LogP contribution in [-0.2, 0) is 0 Å². The molecule has 0 fully saturated rings. The number of halogens is 1. The first kappa shape index (κ1) is 14.4. The summed E-state index contributed by atoms with van der Waals surface area (Å²) in [5.41, 5.74) is 5.50. The number of amides is 1. The van der Waals surface area contributed by atoms with Crippen LogP contribution in [0.4, 0.5) is 4.39 Å². The third-order valence-corrected chi connectivity index (χ3v) is 2.66. The molecule has 100 valence electrons. The van der Waals surface area contributed by atoms with Crippen molar-refractivity contribution in [1.29, 1.82) is 0 Å². The summed E-state index contributed by atoms with van der Waals surface area (Å²) in [5.74, 6) is -0.545. The predicted octanol–water partition coefficient (Wildman–Crippen LogP) is 1.64. The Hall–Kier alpha value is -1.62. The maximum absolute atomic E-state index is 13.8. The summed E-state index contributed by atoms with van der Waals surface area (Å²) in [7, 11) is 1.45. The highest BCUT2D eigenvalue weighted by Crippen LogP contribution is 2.18. The van der Waals surface area contributed by atoms with Crippen molar-refractivity contribution >= 4 is 5.91 Å². The Morgan fingerprint density at radius 1 is 1.50 bits per heavy atom. The minimum Gasteiger partial charge on any atom is -0.497 e. The van der Waals surface area contributed by atoms with E-state index in [1.807, 2.05) is 13.8 Å². The molecule has 0 unspecified atom stereocenters. The summed E-state index contributed by atoms with van der Waals surface area (Å²) >= 11 is 0. The van der Waals surface area contributed by atoms with Crippen LogP contribution in [0.3, 0.4) is 0 Å². The van der Waals surface area contributed by atoms with Gasteiger partial charge in [0.1, 0.15) is 11.6 Å². The number of carbonyl (C=O) groups excluding carboxylic acids is 1. The molecule has 0 saturated heterocycles. The zero-order valence-electron chi connectivity index (χ0n) is 10.9. The van der Waals surface area contributed by atoms with Crippen molar-refractivity contribution in [3.05, 3.63) is 29.6 Å². The van der Waals surface area contributed by atoms with Crippen LogP contribution >= 0.6 is 0 Å². The lowest BCUT2D eigenvalue weighted by Gasteiger charge is -2.26. The van der Waals surface area contributed by atoms with E-state index in [-0.39, 0.29) is 17.5 Å². The van der Waals surface area contributed by atoms with Crippen LogP contribution in [-0.4, -0.2) is 37.0 Å². The van der Waals surface area contributed by atoms with Crippen molar-refractivity contribution < 1.29 is 13.9 Å². The summed E-state index contributed by atoms with van der Waals surface area (Å²) in [6, 6.07) is 4.18. The van der Waals surface area contributed by atoms with Gasteiger partial charge in [-0.3, -0.25) is 4.79 Å². The van der Waals surface area contributed by atoms with Crippen LogP contribution in [0.2, 0.25) is 0 Å². The van der Waals surface area contributed by atoms with Gasteiger partial charge in [-0.25, -0.2) is 4.39 Å². The topological polar surface area (TPSA) is 55.6 Å². The minimum atomic E-state index is -0.581. The number of methoxy groups -OCH3 is 1. The average Bonchev–Trinajstić information content (AvgIpc) is 2.34. The Morgan fingerprint density at radius 3 is 2.61 bits per heavy atom. The Morgan fingerprint density at radius 2 is 2.17 bits per heavy atom. The molecule has 5 heteroatoms. The zero-order valence-corrected chi connectivity index (χ0v) is 10.9. The Labute approximate surface area is 107 Å². The van der Waals surface area contributed by atoms with Crippen LogP contribution in [0.5, 0.6) is 5.75 Å². The molecule has 4 nitrogen and oxygen atoms in total. The lowest BCUT2D eigenvalue weighted by atomic mass is 10.1. The van der Waals surface area contributed by atoms with E-state index in [2.05, 4.69) is 0 Å². The van der Waals surface area contributed by atoms with E-state index in [9.17, 15) is 9.18 Å². The predicted molar refractivity (Wildman–Crippen MR) is 68.2 cm³/mol. The molecule has 2 N–H and O–H groups in total. The fraction of sp³-hybridized carbons (Fsp3) is 0.462. The smallest absolute Gasteiger partial charge is 0.257 e. The number of ether oxygens (including phenoxy) is 1. The first-order valence-corrected chi connectivity index (χ1v) is 5.85. The fourth-order valence-electron chi connectivity index (χ4n) is 1.68. The lowest BCUT2D eigenvalue weighted by Crippen LogP contribution is -2.40. The van der Waals surface area contributed by atoms with Crippen molar-refractivity contribution in [2.24, 2.45) is 5.73 Å². The molecule has 1 amide bonds. The molecule has 0 heterocycles. The van der Waals surface area contributed by atoms with Crippen LogP contribution < -0.4 is 10.5 Å². The van der Waals surface area contributed by atoms with E-state index < -0.39 is 5.82 Å². The molecule has 0 aliphatic carbocycles. The molecule has 1 aromatic rings. The molecule has 0 bridgehead atoms. The van der Waals surface area contributed by atoms with E-state index in [1.54, 1.807) is 11.0 Å². The second-order valence-electron chi connectivity index (χ2n) is 4.23. The van der Waals surface area contributed by atoms with E-state index in [0.29, 0.717) is 18.8 Å². The number of nitrogens with two attached hydrogens (primary N) is 1. The van der Waals surface area contributed by atoms with Crippen LogP contribution in [0.1, 0.15) is 24.2 Å². The highest BCUT2D eigenvalue weighted by molar-refractivity contribution is 5.94. The minimum absolute atomic E-state index is 0.0254. The summed E-state index contributed by atoms with van der Waals surface area (Å²) in [5, 5.41) is 0. The Kier molecular flexibility index (Phi) is 5.09. The van der Waals surface area contributed by atoms with Crippen molar-refractivity contribution in [1.82, 2.24) is 4.90 Å². The van der Waals surface area contributed by atoms with Gasteiger partial charge in [0, 0.05) is 25.2 Å². The highest BCUT2D eigenvalue weighted by atomic mass is 19.1. The number of hydrogen-bond acceptors (Lipinski definition) is 3. The first-order chi connectivity index (χ1) is 8.51. The van der Waals surface area contributed by atoms with Gasteiger partial charge in [-0.2, -0.15) is 0 Å². The van der Waals surface area contributed by atoms with Gasteiger partial charge in [0.05, 0.1) is 12.7 Å². The SMILES string of the molecule is COc1ccc(C(=O)N(CCN)C(C)C)c(F)c1. The quantitative estimate of drug-likeness (QED) is 0.869. The van der Waals surface area contributed by atoms with Crippen molar-refractivity contribution in [3.8, 4) is 5.75 Å². The van der Waals surface area contributed by atoms with Gasteiger partial charge in [-0.05, 0) is 26.0 Å². The third-order valence-electron chi connectivity index (χ3n) is 2.66. The van der Waals surface area contributed by atoms with E-state index in [4.69, 9.17) is 10.5 Å². The summed E-state index contributed by atoms with van der Waals surface area (Å²) < 4.78 is 18.7. The van der Waals surface area contributed by atoms with Crippen molar-refractivity contribution in [2.45, 2.75) is 19.9 Å². The van der Waals surface area contributed by atoms with Gasteiger partial charge in [-0.1, -0.05) is 0 Å². The van der Waals surface area contributed by atoms with Crippen LogP contribution in [0.25, 0.3) is 0 Å². The number of rotatable bonds is 5. The first-order valence-electron chi connectivity index (χ1n) is 5.85. The monoisotopic (exact) mass is 254 g/mol. The molecule has 0 aromatic heterocycles. The Bertz CT molecular complexity index is 421. The van der Waals surface area contributed by atoms with Gasteiger partial charge in [0.15, 0.2) is 0 Å². The lowest BCUT2D eigenvalue weighted by molar-refractivity contribution is 0.0707. The van der Waals surface area contributed by atoms with Gasteiger partial charge >= 0.3 is 0 Å². The van der Waals surface area contributed by atoms with Gasteiger partial charge in [0.2, 0.25) is 0 Å². The molecule has 1 rings (SSSR count). The van der Waals surface area contributed by atoms with Gasteiger partial charge < -0.3 is 15.4 Å². The Balaban J connectivity index is 3.01.